The van der Waals surface area contributed by atoms with Gasteiger partial charge in [0, 0.05) is 4.47 Å². The van der Waals surface area contributed by atoms with Gasteiger partial charge in [-0.25, -0.2) is 4.39 Å². The van der Waals surface area contributed by atoms with E-state index in [1.807, 2.05) is 0 Å². The average Bonchev–Trinajstić information content (AvgIpc) is 1.96. The van der Waals surface area contributed by atoms with Gasteiger partial charge in [0.1, 0.15) is 5.82 Å². The van der Waals surface area contributed by atoms with Crippen LogP contribution in [0.2, 0.25) is 5.02 Å². The van der Waals surface area contributed by atoms with Crippen LogP contribution in [0.4, 0.5) is 4.39 Å². The third-order valence-corrected chi connectivity index (χ3v) is 2.29. The summed E-state index contributed by atoms with van der Waals surface area (Å²) >= 11 is 8.43. The average molecular weight is 253 g/mol. The molecule has 0 heterocycles. The number of hydrogen-bond donors (Lipinski definition) is 2. The molecule has 0 saturated heterocycles. The van der Waals surface area contributed by atoms with Crippen molar-refractivity contribution in [3.05, 3.63) is 27.4 Å². The standard InChI is InChI=1S/C6H4BBrClFO2/c8-4-2-5(9)6(10)1-3(4)7(11)12/h1-2,11-12H. The molecular weight excluding hydrogens is 249 g/mol. The second-order valence-electron chi connectivity index (χ2n) is 2.16. The highest BCUT2D eigenvalue weighted by Crippen LogP contribution is 2.18. The molecule has 0 radical (unpaired) electrons. The van der Waals surface area contributed by atoms with Gasteiger partial charge in [-0.1, -0.05) is 27.5 Å². The Kier molecular flexibility index (Phi) is 3.12. The first-order chi connectivity index (χ1) is 5.52. The summed E-state index contributed by atoms with van der Waals surface area (Å²) in [5.74, 6) is -0.678. The van der Waals surface area contributed by atoms with E-state index >= 15 is 0 Å². The third-order valence-electron chi connectivity index (χ3n) is 1.32. The van der Waals surface area contributed by atoms with Gasteiger partial charge < -0.3 is 10.0 Å². The summed E-state index contributed by atoms with van der Waals surface area (Å²) in [7, 11) is -1.70. The van der Waals surface area contributed by atoms with Crippen LogP contribution in [0.5, 0.6) is 0 Å². The molecule has 0 aliphatic rings. The summed E-state index contributed by atoms with van der Waals surface area (Å²) < 4.78 is 13.1. The Balaban J connectivity index is 3.23. The lowest BCUT2D eigenvalue weighted by Gasteiger charge is -2.03. The molecule has 6 heteroatoms. The van der Waals surface area contributed by atoms with Crippen molar-refractivity contribution in [2.75, 3.05) is 0 Å². The smallest absolute Gasteiger partial charge is 0.423 e. The zero-order valence-electron chi connectivity index (χ0n) is 5.76. The maximum Gasteiger partial charge on any atom is 0.489 e. The molecule has 0 saturated carbocycles. The van der Waals surface area contributed by atoms with Gasteiger partial charge in [0.2, 0.25) is 0 Å². The van der Waals surface area contributed by atoms with Crippen molar-refractivity contribution >= 4 is 40.1 Å². The Hall–Kier alpha value is -0.0951. The van der Waals surface area contributed by atoms with E-state index in [0.29, 0.717) is 4.47 Å². The molecule has 0 fully saturated rings. The number of hydrogen-bond acceptors (Lipinski definition) is 2. The van der Waals surface area contributed by atoms with Crippen LogP contribution in [0.1, 0.15) is 0 Å². The van der Waals surface area contributed by atoms with E-state index in [1.54, 1.807) is 0 Å². The first-order valence-corrected chi connectivity index (χ1v) is 4.20. The second kappa shape index (κ2) is 3.74. The lowest BCUT2D eigenvalue weighted by atomic mass is 9.80. The molecule has 0 amide bonds. The monoisotopic (exact) mass is 252 g/mol. The highest BCUT2D eigenvalue weighted by Gasteiger charge is 2.17. The van der Waals surface area contributed by atoms with Gasteiger partial charge in [-0.3, -0.25) is 0 Å². The Bertz CT molecular complexity index is 308. The van der Waals surface area contributed by atoms with Crippen molar-refractivity contribution in [3.63, 3.8) is 0 Å². The zero-order chi connectivity index (χ0) is 9.30. The van der Waals surface area contributed by atoms with E-state index in [2.05, 4.69) is 15.9 Å². The van der Waals surface area contributed by atoms with Gasteiger partial charge in [-0.05, 0) is 17.6 Å². The molecule has 1 aromatic rings. The molecule has 64 valence electrons. The van der Waals surface area contributed by atoms with E-state index in [4.69, 9.17) is 21.6 Å². The van der Waals surface area contributed by atoms with E-state index in [0.717, 1.165) is 6.07 Å². The fourth-order valence-corrected chi connectivity index (χ4v) is 1.58. The van der Waals surface area contributed by atoms with Gasteiger partial charge in [0.05, 0.1) is 5.02 Å². The fourth-order valence-electron chi connectivity index (χ4n) is 0.736. The largest absolute Gasteiger partial charge is 0.489 e. The predicted molar refractivity (Wildman–Crippen MR) is 48.9 cm³/mol. The van der Waals surface area contributed by atoms with Crippen LogP contribution in [0.3, 0.4) is 0 Å². The van der Waals surface area contributed by atoms with Gasteiger partial charge in [0.15, 0.2) is 0 Å². The van der Waals surface area contributed by atoms with Crippen molar-refractivity contribution in [1.29, 1.82) is 0 Å². The molecule has 0 aliphatic carbocycles. The summed E-state index contributed by atoms with van der Waals surface area (Å²) in [6.45, 7) is 0. The molecule has 0 spiro atoms. The molecule has 0 unspecified atom stereocenters. The zero-order valence-corrected chi connectivity index (χ0v) is 8.10. The van der Waals surface area contributed by atoms with Crippen LogP contribution in [-0.2, 0) is 0 Å². The van der Waals surface area contributed by atoms with E-state index in [9.17, 15) is 4.39 Å². The normalized spacial score (nSPS) is 10.1. The van der Waals surface area contributed by atoms with Crippen molar-refractivity contribution in [1.82, 2.24) is 0 Å². The van der Waals surface area contributed by atoms with E-state index in [-0.39, 0.29) is 10.5 Å². The Morgan fingerprint density at radius 2 is 2.00 bits per heavy atom. The van der Waals surface area contributed by atoms with Crippen LogP contribution in [0.15, 0.2) is 16.6 Å². The number of rotatable bonds is 1. The van der Waals surface area contributed by atoms with E-state index < -0.39 is 12.9 Å². The quantitative estimate of drug-likeness (QED) is 0.577. The van der Waals surface area contributed by atoms with Crippen molar-refractivity contribution in [3.8, 4) is 0 Å². The van der Waals surface area contributed by atoms with Crippen LogP contribution in [0, 0.1) is 5.82 Å². The SMILES string of the molecule is OB(O)c1cc(F)c(Cl)cc1Br. The minimum Gasteiger partial charge on any atom is -0.423 e. The highest BCUT2D eigenvalue weighted by molar-refractivity contribution is 9.10. The summed E-state index contributed by atoms with van der Waals surface area (Å²) in [6.07, 6.45) is 0. The number of benzene rings is 1. The number of halogens is 3. The molecule has 0 aromatic heterocycles. The lowest BCUT2D eigenvalue weighted by molar-refractivity contribution is 0.425. The maximum absolute atomic E-state index is 12.7. The van der Waals surface area contributed by atoms with Crippen molar-refractivity contribution in [2.45, 2.75) is 0 Å². The molecule has 12 heavy (non-hydrogen) atoms. The summed E-state index contributed by atoms with van der Waals surface area (Å²) in [6, 6.07) is 2.24. The molecule has 2 N–H and O–H groups in total. The molecule has 1 aromatic carbocycles. The molecule has 0 bridgehead atoms. The van der Waals surface area contributed by atoms with Gasteiger partial charge in [0.25, 0.3) is 0 Å². The topological polar surface area (TPSA) is 40.5 Å². The summed E-state index contributed by atoms with van der Waals surface area (Å²) in [4.78, 5) is 0. The van der Waals surface area contributed by atoms with Crippen LogP contribution >= 0.6 is 27.5 Å². The molecule has 0 aliphatic heterocycles. The first-order valence-electron chi connectivity index (χ1n) is 3.03. The second-order valence-corrected chi connectivity index (χ2v) is 3.42. The Labute approximate surface area is 82.2 Å². The van der Waals surface area contributed by atoms with Crippen molar-refractivity contribution in [2.24, 2.45) is 0 Å². The summed E-state index contributed by atoms with van der Waals surface area (Å²) in [5.41, 5.74) is 0.0527. The minimum atomic E-state index is -1.70. The van der Waals surface area contributed by atoms with Crippen LogP contribution in [0.25, 0.3) is 0 Å². The fraction of sp³-hybridized carbons (Fsp3) is 0. The van der Waals surface area contributed by atoms with Crippen molar-refractivity contribution < 1.29 is 14.4 Å². The van der Waals surface area contributed by atoms with Gasteiger partial charge >= 0.3 is 7.12 Å². The maximum atomic E-state index is 12.7. The molecule has 1 rings (SSSR count). The minimum absolute atomic E-state index is 0.0527. The van der Waals surface area contributed by atoms with Crippen LogP contribution in [-0.4, -0.2) is 17.2 Å². The third kappa shape index (κ3) is 1.98. The van der Waals surface area contributed by atoms with Gasteiger partial charge in [-0.2, -0.15) is 0 Å². The van der Waals surface area contributed by atoms with Gasteiger partial charge in [-0.15, -0.1) is 0 Å². The Morgan fingerprint density at radius 3 is 2.50 bits per heavy atom. The molecule has 0 atom stereocenters. The van der Waals surface area contributed by atoms with E-state index in [1.165, 1.54) is 6.07 Å². The highest BCUT2D eigenvalue weighted by atomic mass is 79.9. The Morgan fingerprint density at radius 1 is 1.42 bits per heavy atom. The van der Waals surface area contributed by atoms with Crippen LogP contribution < -0.4 is 5.46 Å². The first kappa shape index (κ1) is 9.99. The molecule has 2 nitrogen and oxygen atoms in total. The predicted octanol–water partition coefficient (Wildman–Crippen LogP) is 0.921. The summed E-state index contributed by atoms with van der Waals surface area (Å²) in [5, 5.41) is 17.4. The lowest BCUT2D eigenvalue weighted by Crippen LogP contribution is -2.31. The molecular formula is C6H4BBrClFO2.